The van der Waals surface area contributed by atoms with E-state index in [2.05, 4.69) is 28.2 Å². The van der Waals surface area contributed by atoms with Gasteiger partial charge in [0, 0.05) is 38.9 Å². The van der Waals surface area contributed by atoms with Crippen LogP contribution in [-0.2, 0) is 38.2 Å². The Morgan fingerprint density at radius 2 is 1.05 bits per heavy atom. The highest BCUT2D eigenvalue weighted by atomic mass is 16.5. The summed E-state index contributed by atoms with van der Waals surface area (Å²) in [6.45, 7) is 3.99. The van der Waals surface area contributed by atoms with E-state index in [0.29, 0.717) is 32.4 Å². The van der Waals surface area contributed by atoms with Crippen molar-refractivity contribution in [2.75, 3.05) is 46.1 Å². The molecule has 0 bridgehead atoms. The number of amides is 4. The second kappa shape index (κ2) is 37.6. The Balaban J connectivity index is 3.71. The minimum Gasteiger partial charge on any atom is -0.481 e. The monoisotopic (exact) mass is 786 g/mol. The van der Waals surface area contributed by atoms with Crippen LogP contribution < -0.4 is 27.0 Å². The summed E-state index contributed by atoms with van der Waals surface area (Å²) in [7, 11) is 0. The van der Waals surface area contributed by atoms with Crippen LogP contribution in [0.15, 0.2) is 0 Å². The molecule has 4 amide bonds. The molecule has 55 heavy (non-hydrogen) atoms. The number of aliphatic carboxylic acids is 2. The van der Waals surface area contributed by atoms with E-state index >= 15 is 0 Å². The van der Waals surface area contributed by atoms with Gasteiger partial charge in [0.25, 0.3) is 0 Å². The molecule has 2 atom stereocenters. The summed E-state index contributed by atoms with van der Waals surface area (Å²) in [4.78, 5) is 70.5. The lowest BCUT2D eigenvalue weighted by molar-refractivity contribution is -0.142. The van der Waals surface area contributed by atoms with Gasteiger partial charge in [0.05, 0.1) is 25.9 Å². The average Bonchev–Trinajstić information content (AvgIpc) is 3.15. The number of carbonyl (C=O) groups is 6. The zero-order valence-corrected chi connectivity index (χ0v) is 33.8. The third kappa shape index (κ3) is 36.1. The number of carboxylic acids is 2. The molecule has 320 valence electrons. The summed E-state index contributed by atoms with van der Waals surface area (Å²) in [5.41, 5.74) is 5.92. The quantitative estimate of drug-likeness (QED) is 0.0420. The van der Waals surface area contributed by atoms with E-state index in [-0.39, 0.29) is 82.3 Å². The maximum atomic E-state index is 12.3. The van der Waals surface area contributed by atoms with Gasteiger partial charge in [0.2, 0.25) is 23.6 Å². The summed E-state index contributed by atoms with van der Waals surface area (Å²) >= 11 is 0. The van der Waals surface area contributed by atoms with Crippen LogP contribution in [0.2, 0.25) is 0 Å². The molecule has 0 unspecified atom stereocenters. The fourth-order valence-corrected chi connectivity index (χ4v) is 5.84. The van der Waals surface area contributed by atoms with Gasteiger partial charge in [0.15, 0.2) is 0 Å². The third-order valence-electron chi connectivity index (χ3n) is 9.19. The van der Waals surface area contributed by atoms with E-state index in [9.17, 15) is 33.9 Å². The standard InChI is InChI=1S/C40H75N5O10/c1-2-3-19-27-44-39(51)33(41)21-18-20-26-42-37(48)32-55-31-30-54-29-28-43-35(46)25-24-34(40(52)53)45-36(47)22-16-14-12-10-8-6-4-5-7-9-11-13-15-17-23-38(49)50/h33-34H,2-32,41H2,1H3,(H,42,48)(H,43,46)(H,44,51)(H,45,47)(H,49,50)(H,52,53)/t33-,34-/m0/s1. The lowest BCUT2D eigenvalue weighted by Crippen LogP contribution is -2.41. The maximum absolute atomic E-state index is 12.3. The molecule has 0 rings (SSSR count). The summed E-state index contributed by atoms with van der Waals surface area (Å²) in [6, 6.07) is -1.67. The molecular formula is C40H75N5O10. The minimum absolute atomic E-state index is 0.0135. The highest BCUT2D eigenvalue weighted by Gasteiger charge is 2.21. The molecule has 0 aromatic rings. The molecule has 15 heteroatoms. The predicted molar refractivity (Wildman–Crippen MR) is 212 cm³/mol. The first-order valence-corrected chi connectivity index (χ1v) is 21.0. The summed E-state index contributed by atoms with van der Waals surface area (Å²) in [5, 5.41) is 29.0. The normalized spacial score (nSPS) is 12.1. The van der Waals surface area contributed by atoms with Crippen molar-refractivity contribution >= 4 is 35.6 Å². The molecule has 0 aliphatic rings. The first-order chi connectivity index (χ1) is 26.6. The van der Waals surface area contributed by atoms with Crippen LogP contribution in [0.3, 0.4) is 0 Å². The topological polar surface area (TPSA) is 235 Å². The fourth-order valence-electron chi connectivity index (χ4n) is 5.84. The van der Waals surface area contributed by atoms with Crippen LogP contribution in [-0.4, -0.2) is 104 Å². The van der Waals surface area contributed by atoms with Crippen molar-refractivity contribution in [1.29, 1.82) is 0 Å². The lowest BCUT2D eigenvalue weighted by Gasteiger charge is -2.14. The highest BCUT2D eigenvalue weighted by Crippen LogP contribution is 2.14. The van der Waals surface area contributed by atoms with Gasteiger partial charge >= 0.3 is 11.9 Å². The number of carboxylic acid groups (broad SMARTS) is 2. The van der Waals surface area contributed by atoms with Crippen molar-refractivity contribution in [3.63, 3.8) is 0 Å². The van der Waals surface area contributed by atoms with Crippen LogP contribution in [0.25, 0.3) is 0 Å². The van der Waals surface area contributed by atoms with Gasteiger partial charge in [-0.3, -0.25) is 24.0 Å². The molecule has 0 heterocycles. The number of rotatable bonds is 40. The van der Waals surface area contributed by atoms with Crippen LogP contribution in [0.5, 0.6) is 0 Å². The van der Waals surface area contributed by atoms with E-state index in [1.54, 1.807) is 0 Å². The van der Waals surface area contributed by atoms with Gasteiger partial charge in [-0.1, -0.05) is 96.8 Å². The van der Waals surface area contributed by atoms with Gasteiger partial charge in [-0.25, -0.2) is 4.79 Å². The van der Waals surface area contributed by atoms with Gasteiger partial charge in [-0.15, -0.1) is 0 Å². The van der Waals surface area contributed by atoms with Gasteiger partial charge < -0.3 is 46.7 Å². The molecule has 0 spiro atoms. The van der Waals surface area contributed by atoms with Crippen molar-refractivity contribution in [2.24, 2.45) is 5.73 Å². The summed E-state index contributed by atoms with van der Waals surface area (Å²) < 4.78 is 10.7. The Bertz CT molecular complexity index is 1030. The highest BCUT2D eigenvalue weighted by molar-refractivity contribution is 5.84. The molecule has 0 radical (unpaired) electrons. The zero-order chi connectivity index (χ0) is 40.8. The second-order valence-electron chi connectivity index (χ2n) is 14.3. The number of nitrogens with one attached hydrogen (secondary N) is 4. The number of hydrogen-bond donors (Lipinski definition) is 7. The summed E-state index contributed by atoms with van der Waals surface area (Å²) in [6.07, 6.45) is 20.7. The number of nitrogens with two attached hydrogens (primary N) is 1. The molecule has 15 nitrogen and oxygen atoms in total. The number of carbonyl (C=O) groups excluding carboxylic acids is 4. The Morgan fingerprint density at radius 1 is 0.527 bits per heavy atom. The second-order valence-corrected chi connectivity index (χ2v) is 14.3. The first-order valence-electron chi connectivity index (χ1n) is 21.0. The average molecular weight is 786 g/mol. The van der Waals surface area contributed by atoms with Gasteiger partial charge in [-0.05, 0) is 44.9 Å². The zero-order valence-electron chi connectivity index (χ0n) is 33.8. The molecule has 8 N–H and O–H groups in total. The molecule has 0 saturated carbocycles. The summed E-state index contributed by atoms with van der Waals surface area (Å²) in [5.74, 6) is -2.93. The molecule has 0 saturated heterocycles. The van der Waals surface area contributed by atoms with E-state index < -0.39 is 24.0 Å². The predicted octanol–water partition coefficient (Wildman–Crippen LogP) is 4.73. The van der Waals surface area contributed by atoms with Crippen molar-refractivity contribution in [3.05, 3.63) is 0 Å². The van der Waals surface area contributed by atoms with Crippen LogP contribution in [0, 0.1) is 0 Å². The fraction of sp³-hybridized carbons (Fsp3) is 0.850. The largest absolute Gasteiger partial charge is 0.481 e. The number of hydrogen-bond acceptors (Lipinski definition) is 9. The number of unbranched alkanes of at least 4 members (excludes halogenated alkanes) is 16. The number of ether oxygens (including phenoxy) is 2. The molecular weight excluding hydrogens is 710 g/mol. The van der Waals surface area contributed by atoms with E-state index in [1.165, 1.54) is 44.9 Å². The van der Waals surface area contributed by atoms with E-state index in [1.807, 2.05) is 0 Å². The Morgan fingerprint density at radius 3 is 1.64 bits per heavy atom. The minimum atomic E-state index is -1.17. The van der Waals surface area contributed by atoms with E-state index in [4.69, 9.17) is 20.3 Å². The molecule has 0 fully saturated rings. The van der Waals surface area contributed by atoms with Crippen LogP contribution in [0.1, 0.15) is 161 Å². The van der Waals surface area contributed by atoms with Gasteiger partial charge in [-0.2, -0.15) is 0 Å². The van der Waals surface area contributed by atoms with Crippen molar-refractivity contribution in [2.45, 2.75) is 173 Å². The van der Waals surface area contributed by atoms with Crippen molar-refractivity contribution < 1.29 is 48.5 Å². The molecule has 0 aliphatic heterocycles. The third-order valence-corrected chi connectivity index (χ3v) is 9.19. The Labute approximate surface area is 329 Å². The molecule has 0 aliphatic carbocycles. The molecule has 0 aromatic heterocycles. The maximum Gasteiger partial charge on any atom is 0.326 e. The smallest absolute Gasteiger partial charge is 0.326 e. The lowest BCUT2D eigenvalue weighted by atomic mass is 10.0. The molecule has 0 aromatic carbocycles. The van der Waals surface area contributed by atoms with E-state index in [0.717, 1.165) is 64.2 Å². The Kier molecular flexibility index (Phi) is 35.4. The SMILES string of the molecule is CCCCCNC(=O)[C@@H](N)CCCCNC(=O)COCCOCCNC(=O)CC[C@H](NC(=O)CCCCCCCCCCCCCCCCC(=O)O)C(=O)O. The van der Waals surface area contributed by atoms with Crippen LogP contribution in [0.4, 0.5) is 0 Å². The van der Waals surface area contributed by atoms with Gasteiger partial charge in [0.1, 0.15) is 12.6 Å². The Hall–Kier alpha value is -3.30. The van der Waals surface area contributed by atoms with Crippen molar-refractivity contribution in [1.82, 2.24) is 21.3 Å². The first kappa shape index (κ1) is 51.7. The van der Waals surface area contributed by atoms with Crippen LogP contribution >= 0.6 is 0 Å². The van der Waals surface area contributed by atoms with Crippen molar-refractivity contribution in [3.8, 4) is 0 Å².